The van der Waals surface area contributed by atoms with Gasteiger partial charge in [0.2, 0.25) is 0 Å². The summed E-state index contributed by atoms with van der Waals surface area (Å²) in [7, 11) is 0. The van der Waals surface area contributed by atoms with Crippen molar-refractivity contribution in [3.05, 3.63) is 85.1 Å². The van der Waals surface area contributed by atoms with Gasteiger partial charge in [-0.1, -0.05) is 176 Å². The number of carbonyl (C=O) groups is 3. The molecular weight excluding hydrogens is 733 g/mol. The lowest BCUT2D eigenvalue weighted by molar-refractivity contribution is -0.167. The first-order valence-corrected chi connectivity index (χ1v) is 24.1. The van der Waals surface area contributed by atoms with Crippen LogP contribution in [-0.2, 0) is 28.6 Å². The summed E-state index contributed by atoms with van der Waals surface area (Å²) in [6.45, 7) is 6.39. The third-order valence-electron chi connectivity index (χ3n) is 9.85. The zero-order chi connectivity index (χ0) is 43.0. The van der Waals surface area contributed by atoms with Crippen molar-refractivity contribution >= 4 is 17.9 Å². The zero-order valence-electron chi connectivity index (χ0n) is 38.2. The molecule has 0 amide bonds. The predicted molar refractivity (Wildman–Crippen MR) is 251 cm³/mol. The fourth-order valence-electron chi connectivity index (χ4n) is 6.22. The minimum absolute atomic E-state index is 0.107. The molecule has 1 atom stereocenters. The normalized spacial score (nSPS) is 12.8. The van der Waals surface area contributed by atoms with Crippen LogP contribution in [0.3, 0.4) is 0 Å². The Kier molecular flexibility index (Phi) is 44.5. The molecular formula is C53H88O6. The Bertz CT molecular complexity index is 1170. The van der Waals surface area contributed by atoms with E-state index in [1.165, 1.54) is 64.2 Å². The van der Waals surface area contributed by atoms with Crippen LogP contribution in [0, 0.1) is 0 Å². The zero-order valence-corrected chi connectivity index (χ0v) is 38.2. The Morgan fingerprint density at radius 2 is 0.695 bits per heavy atom. The third-order valence-corrected chi connectivity index (χ3v) is 9.85. The summed E-state index contributed by atoms with van der Waals surface area (Å²) in [5.74, 6) is -0.990. The maximum atomic E-state index is 12.7. The van der Waals surface area contributed by atoms with Crippen molar-refractivity contribution in [3.63, 3.8) is 0 Å². The molecule has 0 aromatic rings. The molecule has 0 rings (SSSR count). The number of rotatable bonds is 42. The van der Waals surface area contributed by atoms with Gasteiger partial charge in [-0.25, -0.2) is 0 Å². The van der Waals surface area contributed by atoms with E-state index in [1.54, 1.807) is 0 Å². The fourth-order valence-corrected chi connectivity index (χ4v) is 6.22. The molecule has 336 valence electrons. The lowest BCUT2D eigenvalue weighted by Gasteiger charge is -2.18. The van der Waals surface area contributed by atoms with Crippen LogP contribution >= 0.6 is 0 Å². The number of allylic oxidation sites excluding steroid dienone is 14. The molecule has 6 nitrogen and oxygen atoms in total. The summed E-state index contributed by atoms with van der Waals surface area (Å²) in [6.07, 6.45) is 60.0. The summed E-state index contributed by atoms with van der Waals surface area (Å²) in [5.41, 5.74) is 0. The molecule has 0 heterocycles. The van der Waals surface area contributed by atoms with Crippen molar-refractivity contribution < 1.29 is 28.6 Å². The van der Waals surface area contributed by atoms with Crippen LogP contribution < -0.4 is 0 Å². The van der Waals surface area contributed by atoms with Gasteiger partial charge in [0.15, 0.2) is 6.10 Å². The second-order valence-electron chi connectivity index (χ2n) is 15.6. The minimum Gasteiger partial charge on any atom is -0.462 e. The average molecular weight is 821 g/mol. The first kappa shape index (κ1) is 55.6. The molecule has 0 aromatic carbocycles. The fraction of sp³-hybridized carbons (Fsp3) is 0.679. The maximum Gasteiger partial charge on any atom is 0.306 e. The molecule has 0 bridgehead atoms. The van der Waals surface area contributed by atoms with Gasteiger partial charge in [-0.3, -0.25) is 14.4 Å². The standard InChI is InChI=1S/C53H88O6/c1-4-7-10-13-16-19-22-24-25-26-27-29-32-35-38-41-44-47-53(56)59-50(48-57-51(54)45-42-39-36-33-30-21-18-15-12-9-6-3)49-58-52(55)46-43-40-37-34-31-28-23-20-17-14-11-8-5-2/h7,10,15-16,18-20,23-25,27,29,35,38,50H,4-6,8-9,11-14,17,21-22,26,28,30-34,36-37,39-49H2,1-3H3/b10-7-,18-15-,19-16-,23-20-,25-24-,29-27-,38-35-/t50-/m0/s1. The highest BCUT2D eigenvalue weighted by Crippen LogP contribution is 2.12. The summed E-state index contributed by atoms with van der Waals surface area (Å²) in [5, 5.41) is 0. The van der Waals surface area contributed by atoms with Gasteiger partial charge < -0.3 is 14.2 Å². The van der Waals surface area contributed by atoms with Crippen molar-refractivity contribution in [3.8, 4) is 0 Å². The molecule has 0 aliphatic carbocycles. The van der Waals surface area contributed by atoms with E-state index >= 15 is 0 Å². The highest BCUT2D eigenvalue weighted by atomic mass is 16.6. The molecule has 0 unspecified atom stereocenters. The van der Waals surface area contributed by atoms with Gasteiger partial charge >= 0.3 is 17.9 Å². The van der Waals surface area contributed by atoms with Crippen molar-refractivity contribution in [2.75, 3.05) is 13.2 Å². The van der Waals surface area contributed by atoms with E-state index in [1.807, 2.05) is 0 Å². The van der Waals surface area contributed by atoms with Crippen LogP contribution in [0.1, 0.15) is 213 Å². The van der Waals surface area contributed by atoms with Crippen LogP contribution in [0.25, 0.3) is 0 Å². The van der Waals surface area contributed by atoms with E-state index in [0.29, 0.717) is 19.3 Å². The Hall–Kier alpha value is -3.41. The molecule has 0 aliphatic heterocycles. The maximum absolute atomic E-state index is 12.7. The molecule has 0 N–H and O–H groups in total. The average Bonchev–Trinajstić information content (AvgIpc) is 3.23. The van der Waals surface area contributed by atoms with E-state index < -0.39 is 6.10 Å². The summed E-state index contributed by atoms with van der Waals surface area (Å²) < 4.78 is 16.7. The molecule has 0 saturated carbocycles. The number of hydrogen-bond donors (Lipinski definition) is 0. The third kappa shape index (κ3) is 45.5. The molecule has 6 heteroatoms. The summed E-state index contributed by atoms with van der Waals surface area (Å²) in [6, 6.07) is 0. The Morgan fingerprint density at radius 1 is 0.356 bits per heavy atom. The molecule has 59 heavy (non-hydrogen) atoms. The van der Waals surface area contributed by atoms with Gasteiger partial charge in [0, 0.05) is 19.3 Å². The highest BCUT2D eigenvalue weighted by molar-refractivity contribution is 5.71. The Labute approximate surface area is 363 Å². The van der Waals surface area contributed by atoms with Gasteiger partial charge in [0.1, 0.15) is 13.2 Å². The molecule has 0 aromatic heterocycles. The number of esters is 3. The molecule has 0 spiro atoms. The number of ether oxygens (including phenoxy) is 3. The summed E-state index contributed by atoms with van der Waals surface area (Å²) in [4.78, 5) is 37.8. The molecule has 0 saturated heterocycles. The van der Waals surface area contributed by atoms with Crippen LogP contribution in [0.5, 0.6) is 0 Å². The van der Waals surface area contributed by atoms with Crippen molar-refractivity contribution in [2.24, 2.45) is 0 Å². The lowest BCUT2D eigenvalue weighted by atomic mass is 10.1. The smallest absolute Gasteiger partial charge is 0.306 e. The lowest BCUT2D eigenvalue weighted by Crippen LogP contribution is -2.30. The SMILES string of the molecule is CC/C=C\C/C=C\C/C=C\C/C=C\C/C=C\CCCC(=O)O[C@@H](COC(=O)CCCCCCC/C=C\CCCC)COC(=O)CCCCCCC/C=C\CCCCCC. The number of carbonyl (C=O) groups excluding carboxylic acids is 3. The van der Waals surface area contributed by atoms with E-state index in [-0.39, 0.29) is 37.5 Å². The second-order valence-corrected chi connectivity index (χ2v) is 15.6. The molecule has 0 fully saturated rings. The Balaban J connectivity index is 4.51. The second kappa shape index (κ2) is 47.3. The first-order chi connectivity index (χ1) is 29.0. The van der Waals surface area contributed by atoms with Gasteiger partial charge in [-0.2, -0.15) is 0 Å². The molecule has 0 radical (unpaired) electrons. The van der Waals surface area contributed by atoms with E-state index in [4.69, 9.17) is 14.2 Å². The van der Waals surface area contributed by atoms with Crippen molar-refractivity contribution in [1.82, 2.24) is 0 Å². The van der Waals surface area contributed by atoms with Gasteiger partial charge in [0.05, 0.1) is 0 Å². The monoisotopic (exact) mass is 821 g/mol. The number of hydrogen-bond acceptors (Lipinski definition) is 6. The van der Waals surface area contributed by atoms with Crippen LogP contribution in [0.4, 0.5) is 0 Å². The van der Waals surface area contributed by atoms with Crippen LogP contribution in [-0.4, -0.2) is 37.2 Å². The highest BCUT2D eigenvalue weighted by Gasteiger charge is 2.19. The topological polar surface area (TPSA) is 78.9 Å². The van der Waals surface area contributed by atoms with Gasteiger partial charge in [0.25, 0.3) is 0 Å². The first-order valence-electron chi connectivity index (χ1n) is 24.1. The molecule has 0 aliphatic rings. The summed E-state index contributed by atoms with van der Waals surface area (Å²) >= 11 is 0. The van der Waals surface area contributed by atoms with E-state index in [2.05, 4.69) is 106 Å². The van der Waals surface area contributed by atoms with Crippen molar-refractivity contribution in [2.45, 2.75) is 219 Å². The van der Waals surface area contributed by atoms with Gasteiger partial charge in [-0.05, 0) is 103 Å². The quantitative estimate of drug-likeness (QED) is 0.0264. The minimum atomic E-state index is -0.811. The van der Waals surface area contributed by atoms with Crippen LogP contribution in [0.2, 0.25) is 0 Å². The van der Waals surface area contributed by atoms with Crippen molar-refractivity contribution in [1.29, 1.82) is 0 Å². The van der Waals surface area contributed by atoms with E-state index in [9.17, 15) is 14.4 Å². The van der Waals surface area contributed by atoms with E-state index in [0.717, 1.165) is 103 Å². The van der Waals surface area contributed by atoms with Crippen LogP contribution in [0.15, 0.2) is 85.1 Å². The largest absolute Gasteiger partial charge is 0.462 e. The van der Waals surface area contributed by atoms with Gasteiger partial charge in [-0.15, -0.1) is 0 Å². The number of unbranched alkanes of at least 4 members (excludes halogenated alkanes) is 17. The Morgan fingerprint density at radius 3 is 1.15 bits per heavy atom. The predicted octanol–water partition coefficient (Wildman–Crippen LogP) is 15.6.